The van der Waals surface area contributed by atoms with E-state index in [9.17, 15) is 0 Å². The van der Waals surface area contributed by atoms with Crippen molar-refractivity contribution in [2.75, 3.05) is 31.6 Å². The van der Waals surface area contributed by atoms with E-state index in [-0.39, 0.29) is 18.3 Å². The molecule has 0 amide bonds. The number of pyridine rings is 1. The number of nitrogens with zero attached hydrogens (tertiary/aromatic N) is 2. The van der Waals surface area contributed by atoms with E-state index >= 15 is 0 Å². The number of benzene rings is 1. The summed E-state index contributed by atoms with van der Waals surface area (Å²) < 4.78 is 12.2. The summed E-state index contributed by atoms with van der Waals surface area (Å²) in [5.41, 5.74) is 13.2. The number of nitrogens with two attached hydrogens (primary N) is 2. The molecule has 1 aromatic heterocycles. The van der Waals surface area contributed by atoms with Crippen LogP contribution in [0.1, 0.15) is 52.0 Å². The third-order valence-corrected chi connectivity index (χ3v) is 6.52. The molecule has 2 aliphatic heterocycles. The van der Waals surface area contributed by atoms with E-state index in [1.165, 1.54) is 31.5 Å². The van der Waals surface area contributed by atoms with Crippen molar-refractivity contribution in [3.8, 4) is 0 Å². The zero-order valence-electron chi connectivity index (χ0n) is 18.9. The summed E-state index contributed by atoms with van der Waals surface area (Å²) in [4.78, 5) is 6.14. The summed E-state index contributed by atoms with van der Waals surface area (Å²) in [5.74, 6) is 1.09. The number of aromatic nitrogens is 1. The van der Waals surface area contributed by atoms with Crippen molar-refractivity contribution in [2.24, 2.45) is 0 Å². The summed E-state index contributed by atoms with van der Waals surface area (Å²) in [6.07, 6.45) is 4.12. The monoisotopic (exact) mass is 410 g/mol. The topological polar surface area (TPSA) is 86.6 Å². The van der Waals surface area contributed by atoms with E-state index in [2.05, 4.69) is 68.9 Å². The first-order valence-corrected chi connectivity index (χ1v) is 10.7. The fraction of sp³-hybridized carbons (Fsp3) is 0.522. The van der Waals surface area contributed by atoms with Crippen molar-refractivity contribution >= 4 is 24.1 Å². The molecule has 0 saturated carbocycles. The Morgan fingerprint density at radius 1 is 0.967 bits per heavy atom. The number of nitrogen functional groups attached to an aromatic ring is 2. The Morgan fingerprint density at radius 3 is 2.00 bits per heavy atom. The maximum absolute atomic E-state index is 6.12. The Labute approximate surface area is 181 Å². The SMILES string of the molecule is CN1CCC(c2ccc(B3OC(C)(C)C(C)(C)O3)cc2)CC1.Nc1cccnc1N. The first kappa shape index (κ1) is 22.6. The number of piperidine rings is 1. The van der Waals surface area contributed by atoms with Crippen LogP contribution < -0.4 is 16.9 Å². The fourth-order valence-corrected chi connectivity index (χ4v) is 3.68. The molecule has 0 radical (unpaired) electrons. The van der Waals surface area contributed by atoms with E-state index in [1.807, 2.05) is 0 Å². The van der Waals surface area contributed by atoms with Crippen molar-refractivity contribution in [1.29, 1.82) is 0 Å². The van der Waals surface area contributed by atoms with Crippen LogP contribution in [0.2, 0.25) is 0 Å². The van der Waals surface area contributed by atoms with Gasteiger partial charge in [-0.05, 0) is 89.8 Å². The molecule has 0 bridgehead atoms. The molecule has 0 aliphatic carbocycles. The normalized spacial score (nSPS) is 21.2. The molecule has 4 rings (SSSR count). The minimum absolute atomic E-state index is 0.253. The number of anilines is 2. The van der Waals surface area contributed by atoms with Gasteiger partial charge in [0, 0.05) is 6.20 Å². The van der Waals surface area contributed by atoms with Crippen molar-refractivity contribution in [3.05, 3.63) is 48.2 Å². The summed E-state index contributed by atoms with van der Waals surface area (Å²) in [5, 5.41) is 0. The summed E-state index contributed by atoms with van der Waals surface area (Å²) in [6, 6.07) is 12.3. The van der Waals surface area contributed by atoms with Gasteiger partial charge in [0.05, 0.1) is 16.9 Å². The number of likely N-dealkylation sites (tertiary alicyclic amines) is 1. The maximum Gasteiger partial charge on any atom is 0.494 e. The highest BCUT2D eigenvalue weighted by Crippen LogP contribution is 2.36. The molecule has 0 atom stereocenters. The van der Waals surface area contributed by atoms with Crippen LogP contribution in [0.5, 0.6) is 0 Å². The second-order valence-electron chi connectivity index (χ2n) is 9.31. The predicted molar refractivity (Wildman–Crippen MR) is 125 cm³/mol. The van der Waals surface area contributed by atoms with Gasteiger partial charge in [-0.25, -0.2) is 4.98 Å². The van der Waals surface area contributed by atoms with Gasteiger partial charge in [-0.2, -0.15) is 0 Å². The quantitative estimate of drug-likeness (QED) is 0.741. The molecule has 4 N–H and O–H groups in total. The van der Waals surface area contributed by atoms with Crippen LogP contribution in [0.25, 0.3) is 0 Å². The Hall–Kier alpha value is -2.09. The van der Waals surface area contributed by atoms with Gasteiger partial charge < -0.3 is 25.7 Å². The third-order valence-electron chi connectivity index (χ3n) is 6.52. The molecular formula is C23H35BN4O2. The van der Waals surface area contributed by atoms with Crippen molar-refractivity contribution < 1.29 is 9.31 Å². The summed E-state index contributed by atoms with van der Waals surface area (Å²) in [6.45, 7) is 10.8. The van der Waals surface area contributed by atoms with Crippen molar-refractivity contribution in [2.45, 2.75) is 57.7 Å². The van der Waals surface area contributed by atoms with Gasteiger partial charge in [0.2, 0.25) is 0 Å². The van der Waals surface area contributed by atoms with E-state index in [0.717, 1.165) is 5.46 Å². The van der Waals surface area contributed by atoms with E-state index in [4.69, 9.17) is 20.8 Å². The van der Waals surface area contributed by atoms with Crippen LogP contribution in [0, 0.1) is 0 Å². The van der Waals surface area contributed by atoms with E-state index in [1.54, 1.807) is 18.3 Å². The summed E-state index contributed by atoms with van der Waals surface area (Å²) >= 11 is 0. The highest BCUT2D eigenvalue weighted by molar-refractivity contribution is 6.62. The van der Waals surface area contributed by atoms with Gasteiger partial charge in [-0.1, -0.05) is 24.3 Å². The molecule has 162 valence electrons. The smallest absolute Gasteiger partial charge is 0.399 e. The molecule has 2 saturated heterocycles. The Bertz CT molecular complexity index is 796. The average Bonchev–Trinajstić information content (AvgIpc) is 2.93. The molecule has 7 heteroatoms. The lowest BCUT2D eigenvalue weighted by molar-refractivity contribution is 0.00578. The molecular weight excluding hydrogens is 375 g/mol. The molecule has 2 fully saturated rings. The lowest BCUT2D eigenvalue weighted by Gasteiger charge is -2.32. The van der Waals surface area contributed by atoms with E-state index < -0.39 is 0 Å². The highest BCUT2D eigenvalue weighted by Gasteiger charge is 2.51. The third kappa shape index (κ3) is 5.15. The highest BCUT2D eigenvalue weighted by atomic mass is 16.7. The molecule has 6 nitrogen and oxygen atoms in total. The minimum atomic E-state index is -0.274. The molecule has 2 aromatic rings. The van der Waals surface area contributed by atoms with Crippen molar-refractivity contribution in [1.82, 2.24) is 9.88 Å². The van der Waals surface area contributed by atoms with Gasteiger partial charge in [0.25, 0.3) is 0 Å². The minimum Gasteiger partial charge on any atom is -0.399 e. The van der Waals surface area contributed by atoms with Gasteiger partial charge in [-0.3, -0.25) is 0 Å². The fourth-order valence-electron chi connectivity index (χ4n) is 3.68. The molecule has 0 unspecified atom stereocenters. The van der Waals surface area contributed by atoms with E-state index in [0.29, 0.717) is 17.4 Å². The van der Waals surface area contributed by atoms with Crippen LogP contribution >= 0.6 is 0 Å². The second kappa shape index (κ2) is 8.96. The van der Waals surface area contributed by atoms with Crippen LogP contribution in [-0.4, -0.2) is 48.3 Å². The van der Waals surface area contributed by atoms with Crippen LogP contribution in [-0.2, 0) is 9.31 Å². The van der Waals surface area contributed by atoms with Crippen LogP contribution in [0.15, 0.2) is 42.6 Å². The molecule has 1 aromatic carbocycles. The average molecular weight is 410 g/mol. The molecule has 30 heavy (non-hydrogen) atoms. The van der Waals surface area contributed by atoms with Gasteiger partial charge in [-0.15, -0.1) is 0 Å². The Morgan fingerprint density at radius 2 is 1.53 bits per heavy atom. The number of rotatable bonds is 2. The van der Waals surface area contributed by atoms with Gasteiger partial charge in [0.15, 0.2) is 0 Å². The molecule has 3 heterocycles. The maximum atomic E-state index is 6.12. The van der Waals surface area contributed by atoms with Crippen LogP contribution in [0.4, 0.5) is 11.5 Å². The Balaban J connectivity index is 0.000000269. The standard InChI is InChI=1S/C18H28BNO2.C5H7N3/c1-17(2)18(3,4)22-19(21-17)16-8-6-14(7-9-16)15-10-12-20(5)13-11-15;6-4-2-1-3-8-5(4)7/h6-9,15H,10-13H2,1-5H3;1-3H,6H2,(H2,7,8). The predicted octanol–water partition coefficient (Wildman–Crippen LogP) is 3.04. The first-order valence-electron chi connectivity index (χ1n) is 10.7. The first-order chi connectivity index (χ1) is 14.1. The zero-order valence-corrected chi connectivity index (χ0v) is 18.9. The van der Waals surface area contributed by atoms with Gasteiger partial charge in [0.1, 0.15) is 5.82 Å². The second-order valence-corrected chi connectivity index (χ2v) is 9.31. The zero-order chi connectivity index (χ0) is 21.9. The largest absolute Gasteiger partial charge is 0.494 e. The number of hydrogen-bond donors (Lipinski definition) is 2. The summed E-state index contributed by atoms with van der Waals surface area (Å²) in [7, 11) is 1.95. The molecule has 2 aliphatic rings. The molecule has 0 spiro atoms. The lowest BCUT2D eigenvalue weighted by Crippen LogP contribution is -2.41. The van der Waals surface area contributed by atoms with Crippen molar-refractivity contribution in [3.63, 3.8) is 0 Å². The van der Waals surface area contributed by atoms with Crippen LogP contribution in [0.3, 0.4) is 0 Å². The number of hydrogen-bond acceptors (Lipinski definition) is 6. The Kier molecular flexibility index (Phi) is 6.75. The lowest BCUT2D eigenvalue weighted by atomic mass is 9.77. The van der Waals surface area contributed by atoms with Gasteiger partial charge >= 0.3 is 7.12 Å².